The molecule has 1 aromatic rings. The molecule has 0 fully saturated rings. The first-order chi connectivity index (χ1) is 15.5. The highest BCUT2D eigenvalue weighted by atomic mass is 16.6. The molecule has 1 aliphatic rings. The van der Waals surface area contributed by atoms with Crippen LogP contribution < -0.4 is 10.1 Å². The number of phenols is 1. The molecule has 5 nitrogen and oxygen atoms in total. The van der Waals surface area contributed by atoms with E-state index in [9.17, 15) is 9.90 Å². The van der Waals surface area contributed by atoms with E-state index in [4.69, 9.17) is 9.47 Å². The van der Waals surface area contributed by atoms with Crippen molar-refractivity contribution in [2.75, 3.05) is 13.2 Å². The lowest BCUT2D eigenvalue weighted by Crippen LogP contribution is -2.34. The second-order valence-corrected chi connectivity index (χ2v) is 10.7. The van der Waals surface area contributed by atoms with Crippen molar-refractivity contribution >= 4 is 6.09 Å². The molecule has 5 heteroatoms. The molecule has 1 aromatic carbocycles. The maximum Gasteiger partial charge on any atom is 0.407 e. The van der Waals surface area contributed by atoms with E-state index in [-0.39, 0.29) is 5.92 Å². The van der Waals surface area contributed by atoms with Crippen LogP contribution in [0.1, 0.15) is 97.6 Å². The molecule has 0 saturated carbocycles. The third-order valence-electron chi connectivity index (χ3n) is 6.26. The summed E-state index contributed by atoms with van der Waals surface area (Å²) in [5, 5.41) is 13.9. The Kier molecular flexibility index (Phi) is 10.1. The van der Waals surface area contributed by atoms with Crippen LogP contribution in [0, 0.1) is 11.8 Å². The first kappa shape index (κ1) is 27.1. The predicted octanol–water partition coefficient (Wildman–Crippen LogP) is 7.12. The third kappa shape index (κ3) is 8.60. The first-order valence-electron chi connectivity index (χ1n) is 12.6. The zero-order valence-corrected chi connectivity index (χ0v) is 21.8. The van der Waals surface area contributed by atoms with E-state index < -0.39 is 11.7 Å². The van der Waals surface area contributed by atoms with Gasteiger partial charge in [-0.25, -0.2) is 4.79 Å². The Morgan fingerprint density at radius 3 is 2.61 bits per heavy atom. The van der Waals surface area contributed by atoms with E-state index in [1.54, 1.807) is 0 Å². The van der Waals surface area contributed by atoms with Crippen LogP contribution in [0.15, 0.2) is 23.8 Å². The molecular weight excluding hydrogens is 414 g/mol. The predicted molar refractivity (Wildman–Crippen MR) is 135 cm³/mol. The molecule has 33 heavy (non-hydrogen) atoms. The quantitative estimate of drug-likeness (QED) is 0.289. The van der Waals surface area contributed by atoms with Gasteiger partial charge >= 0.3 is 6.09 Å². The number of phenolic OH excluding ortho intramolecular Hbond substituents is 1. The summed E-state index contributed by atoms with van der Waals surface area (Å²) in [7, 11) is 0. The number of hydrogen-bond acceptors (Lipinski definition) is 4. The van der Waals surface area contributed by atoms with Crippen molar-refractivity contribution in [3.63, 3.8) is 0 Å². The Balaban J connectivity index is 2.25. The smallest absolute Gasteiger partial charge is 0.407 e. The third-order valence-corrected chi connectivity index (χ3v) is 6.26. The fraction of sp³-hybridized carbons (Fsp3) is 0.679. The Morgan fingerprint density at radius 1 is 1.24 bits per heavy atom. The molecule has 1 aliphatic carbocycles. The average molecular weight is 460 g/mol. The Labute approximate surface area is 200 Å². The Bertz CT molecular complexity index is 807. The van der Waals surface area contributed by atoms with Crippen molar-refractivity contribution in [3.05, 3.63) is 34.9 Å². The van der Waals surface area contributed by atoms with Crippen LogP contribution in [0.25, 0.3) is 0 Å². The molecule has 2 atom stereocenters. The number of carbonyl (C=O) groups excluding carboxylic acids is 1. The number of aryl methyl sites for hydroxylation is 1. The van der Waals surface area contributed by atoms with Crippen LogP contribution in [-0.2, 0) is 11.2 Å². The zero-order chi connectivity index (χ0) is 24.6. The lowest BCUT2D eigenvalue weighted by Gasteiger charge is -2.34. The number of benzene rings is 1. The SMILES string of the molecule is CCCCCc1cc(O)c(C2C=C(C)CC[C@H]2C(C)C)c(OCCNC(=O)OC(C)(C)C)c1. The number of rotatable bonds is 10. The van der Waals surface area contributed by atoms with Gasteiger partial charge in [-0.05, 0) is 82.9 Å². The van der Waals surface area contributed by atoms with Crippen molar-refractivity contribution < 1.29 is 19.4 Å². The molecule has 0 bridgehead atoms. The number of allylic oxidation sites excluding steroid dienone is 2. The highest BCUT2D eigenvalue weighted by molar-refractivity contribution is 5.67. The van der Waals surface area contributed by atoms with Gasteiger partial charge in [-0.2, -0.15) is 0 Å². The zero-order valence-electron chi connectivity index (χ0n) is 21.8. The van der Waals surface area contributed by atoms with E-state index in [0.29, 0.717) is 30.7 Å². The number of carbonyl (C=O) groups is 1. The number of amides is 1. The maximum atomic E-state index is 12.0. The lowest BCUT2D eigenvalue weighted by atomic mass is 9.71. The fourth-order valence-electron chi connectivity index (χ4n) is 4.61. The van der Waals surface area contributed by atoms with Crippen LogP contribution in [0.3, 0.4) is 0 Å². The van der Waals surface area contributed by atoms with Crippen molar-refractivity contribution in [3.8, 4) is 11.5 Å². The number of alkyl carbamates (subject to hydrolysis) is 1. The number of ether oxygens (including phenoxy) is 2. The molecule has 186 valence electrons. The average Bonchev–Trinajstić information content (AvgIpc) is 2.69. The summed E-state index contributed by atoms with van der Waals surface area (Å²) in [6.07, 6.45) is 8.41. The molecule has 0 aliphatic heterocycles. The molecule has 0 radical (unpaired) electrons. The minimum absolute atomic E-state index is 0.122. The molecule has 1 unspecified atom stereocenters. The molecule has 1 amide bonds. The highest BCUT2D eigenvalue weighted by Gasteiger charge is 2.32. The summed E-state index contributed by atoms with van der Waals surface area (Å²) in [6.45, 7) is 15.0. The summed E-state index contributed by atoms with van der Waals surface area (Å²) < 4.78 is 11.5. The van der Waals surface area contributed by atoms with Crippen LogP contribution in [0.2, 0.25) is 0 Å². The molecule has 2 rings (SSSR count). The summed E-state index contributed by atoms with van der Waals surface area (Å²) in [6, 6.07) is 4.01. The van der Waals surface area contributed by atoms with Gasteiger partial charge in [-0.1, -0.05) is 45.3 Å². The summed E-state index contributed by atoms with van der Waals surface area (Å²) >= 11 is 0. The van der Waals surface area contributed by atoms with Crippen molar-refractivity contribution in [1.82, 2.24) is 5.32 Å². The largest absolute Gasteiger partial charge is 0.507 e. The lowest BCUT2D eigenvalue weighted by molar-refractivity contribution is 0.0520. The second-order valence-electron chi connectivity index (χ2n) is 10.7. The van der Waals surface area contributed by atoms with E-state index in [1.165, 1.54) is 12.0 Å². The molecule has 0 saturated heterocycles. The van der Waals surface area contributed by atoms with Gasteiger partial charge in [0, 0.05) is 11.5 Å². The Morgan fingerprint density at radius 2 is 1.97 bits per heavy atom. The number of hydrogen-bond donors (Lipinski definition) is 2. The summed E-state index contributed by atoms with van der Waals surface area (Å²) in [5.41, 5.74) is 2.80. The van der Waals surface area contributed by atoms with Gasteiger partial charge < -0.3 is 19.9 Å². The van der Waals surface area contributed by atoms with Gasteiger partial charge in [0.15, 0.2) is 0 Å². The fourth-order valence-corrected chi connectivity index (χ4v) is 4.61. The van der Waals surface area contributed by atoms with Crippen molar-refractivity contribution in [2.45, 2.75) is 98.5 Å². The molecule has 2 N–H and O–H groups in total. The molecule has 0 aromatic heterocycles. The van der Waals surface area contributed by atoms with Gasteiger partial charge in [0.05, 0.1) is 6.54 Å². The van der Waals surface area contributed by atoms with Crippen molar-refractivity contribution in [2.24, 2.45) is 11.8 Å². The van der Waals surface area contributed by atoms with E-state index in [0.717, 1.165) is 49.0 Å². The minimum Gasteiger partial charge on any atom is -0.507 e. The monoisotopic (exact) mass is 459 g/mol. The maximum absolute atomic E-state index is 12.0. The van der Waals surface area contributed by atoms with Crippen LogP contribution >= 0.6 is 0 Å². The molecule has 0 heterocycles. The highest BCUT2D eigenvalue weighted by Crippen LogP contribution is 2.47. The molecular formula is C28H45NO4. The second kappa shape index (κ2) is 12.3. The number of nitrogens with one attached hydrogen (secondary N) is 1. The normalized spacial score (nSPS) is 18.7. The van der Waals surface area contributed by atoms with E-state index in [1.807, 2.05) is 26.8 Å². The van der Waals surface area contributed by atoms with E-state index >= 15 is 0 Å². The molecule has 0 spiro atoms. The first-order valence-corrected chi connectivity index (χ1v) is 12.6. The topological polar surface area (TPSA) is 67.8 Å². The summed E-state index contributed by atoms with van der Waals surface area (Å²) in [5.74, 6) is 2.13. The minimum atomic E-state index is -0.534. The number of unbranched alkanes of at least 4 members (excludes halogenated alkanes) is 2. The Hall–Kier alpha value is -2.17. The van der Waals surface area contributed by atoms with Crippen molar-refractivity contribution in [1.29, 1.82) is 0 Å². The number of aromatic hydroxyl groups is 1. The van der Waals surface area contributed by atoms with E-state index in [2.05, 4.69) is 45.2 Å². The van der Waals surface area contributed by atoms with Gasteiger partial charge in [0.1, 0.15) is 23.7 Å². The van der Waals surface area contributed by atoms with Crippen LogP contribution in [-0.4, -0.2) is 30.0 Å². The standard InChI is InChI=1S/C28H45NO4/c1-8-9-10-11-21-17-24(30)26(23-16-20(4)12-13-22(23)19(2)3)25(18-21)32-15-14-29-27(31)33-28(5,6)7/h16-19,22-23,30H,8-15H2,1-7H3,(H,29,31)/t22-,23?/m0/s1. The van der Waals surface area contributed by atoms with Crippen LogP contribution in [0.5, 0.6) is 11.5 Å². The van der Waals surface area contributed by atoms with Gasteiger partial charge in [-0.15, -0.1) is 0 Å². The van der Waals surface area contributed by atoms with Crippen LogP contribution in [0.4, 0.5) is 4.79 Å². The summed E-state index contributed by atoms with van der Waals surface area (Å²) in [4.78, 5) is 12.0. The van der Waals surface area contributed by atoms with Gasteiger partial charge in [0.2, 0.25) is 0 Å². The van der Waals surface area contributed by atoms with Gasteiger partial charge in [-0.3, -0.25) is 0 Å². The van der Waals surface area contributed by atoms with Gasteiger partial charge in [0.25, 0.3) is 0 Å².